The second-order valence-electron chi connectivity index (χ2n) is 8.25. The number of hydrogen-bond acceptors (Lipinski definition) is 3. The number of nitrogens with zero attached hydrogens (tertiary/aromatic N) is 1. The van der Waals surface area contributed by atoms with Crippen molar-refractivity contribution in [2.75, 3.05) is 13.1 Å². The molecule has 4 heteroatoms. The third-order valence-corrected chi connectivity index (χ3v) is 5.88. The predicted molar refractivity (Wildman–Crippen MR) is 105 cm³/mol. The summed E-state index contributed by atoms with van der Waals surface area (Å²) in [5.41, 5.74) is 2.03. The summed E-state index contributed by atoms with van der Waals surface area (Å²) in [7, 11) is 0. The maximum atomic E-state index is 12.5. The highest BCUT2D eigenvalue weighted by atomic mass is 16.5. The Morgan fingerprint density at radius 2 is 1.69 bits per heavy atom. The zero-order chi connectivity index (χ0) is 18.5. The summed E-state index contributed by atoms with van der Waals surface area (Å²) >= 11 is 0. The molecule has 2 atom stereocenters. The molecule has 0 bridgehead atoms. The van der Waals surface area contributed by atoms with Crippen LogP contribution >= 0.6 is 0 Å². The summed E-state index contributed by atoms with van der Waals surface area (Å²) in [6, 6.07) is 8.47. The largest absolute Gasteiger partial charge is 0.373 e. The van der Waals surface area contributed by atoms with Gasteiger partial charge in [-0.2, -0.15) is 0 Å². The molecule has 3 rings (SSSR count). The first kappa shape index (κ1) is 19.4. The molecule has 1 aliphatic heterocycles. The number of morpholine rings is 1. The zero-order valence-electron chi connectivity index (χ0n) is 16.5. The van der Waals surface area contributed by atoms with Crippen LogP contribution in [0.2, 0.25) is 0 Å². The number of nitrogens with one attached hydrogen (secondary N) is 1. The molecule has 1 N–H and O–H groups in total. The fourth-order valence-electron chi connectivity index (χ4n) is 4.42. The minimum Gasteiger partial charge on any atom is -0.373 e. The van der Waals surface area contributed by atoms with Crippen LogP contribution in [0.5, 0.6) is 0 Å². The van der Waals surface area contributed by atoms with Crippen molar-refractivity contribution in [3.8, 4) is 0 Å². The van der Waals surface area contributed by atoms with Gasteiger partial charge in [0.2, 0.25) is 0 Å². The van der Waals surface area contributed by atoms with Crippen molar-refractivity contribution in [2.24, 2.45) is 5.92 Å². The van der Waals surface area contributed by atoms with Crippen molar-refractivity contribution in [3.63, 3.8) is 0 Å². The second-order valence-corrected chi connectivity index (χ2v) is 8.25. The van der Waals surface area contributed by atoms with Gasteiger partial charge in [-0.25, -0.2) is 0 Å². The molecule has 2 fully saturated rings. The van der Waals surface area contributed by atoms with Crippen LogP contribution < -0.4 is 5.32 Å². The quantitative estimate of drug-likeness (QED) is 0.865. The van der Waals surface area contributed by atoms with Gasteiger partial charge in [-0.15, -0.1) is 0 Å². The van der Waals surface area contributed by atoms with Crippen molar-refractivity contribution in [1.82, 2.24) is 10.2 Å². The topological polar surface area (TPSA) is 41.6 Å². The lowest BCUT2D eigenvalue weighted by atomic mass is 9.84. The third kappa shape index (κ3) is 5.31. The number of carbonyl (C=O) groups excluding carboxylic acids is 1. The van der Waals surface area contributed by atoms with Gasteiger partial charge in [0.1, 0.15) is 0 Å². The number of rotatable bonds is 5. The minimum absolute atomic E-state index is 0.0742. The maximum absolute atomic E-state index is 12.5. The lowest BCUT2D eigenvalue weighted by Crippen LogP contribution is -2.44. The van der Waals surface area contributed by atoms with E-state index in [1.807, 2.05) is 12.1 Å². The van der Waals surface area contributed by atoms with Gasteiger partial charge in [-0.05, 0) is 63.1 Å². The van der Waals surface area contributed by atoms with Crippen LogP contribution in [0.4, 0.5) is 0 Å². The Balaban J connectivity index is 1.50. The molecule has 0 aromatic heterocycles. The van der Waals surface area contributed by atoms with Crippen LogP contribution in [0.1, 0.15) is 68.8 Å². The molecule has 144 valence electrons. The summed E-state index contributed by atoms with van der Waals surface area (Å²) < 4.78 is 5.80. The molecule has 4 nitrogen and oxygen atoms in total. The highest BCUT2D eigenvalue weighted by Crippen LogP contribution is 2.26. The van der Waals surface area contributed by atoms with Crippen molar-refractivity contribution in [1.29, 1.82) is 0 Å². The van der Waals surface area contributed by atoms with Gasteiger partial charge in [0, 0.05) is 31.2 Å². The Labute approximate surface area is 158 Å². The van der Waals surface area contributed by atoms with Crippen LogP contribution in [0.25, 0.3) is 0 Å². The van der Waals surface area contributed by atoms with Gasteiger partial charge in [0.15, 0.2) is 0 Å². The Morgan fingerprint density at radius 1 is 1.08 bits per heavy atom. The minimum atomic E-state index is 0.0742. The highest BCUT2D eigenvalue weighted by Gasteiger charge is 2.23. The van der Waals surface area contributed by atoms with Gasteiger partial charge in [0.25, 0.3) is 5.91 Å². The van der Waals surface area contributed by atoms with Gasteiger partial charge in [-0.1, -0.05) is 25.5 Å². The van der Waals surface area contributed by atoms with E-state index in [-0.39, 0.29) is 18.1 Å². The second kappa shape index (κ2) is 9.01. The number of ether oxygens (including phenoxy) is 1. The zero-order valence-corrected chi connectivity index (χ0v) is 16.5. The fraction of sp³-hybridized carbons (Fsp3) is 0.682. The molecule has 0 radical (unpaired) electrons. The lowest BCUT2D eigenvalue weighted by molar-refractivity contribution is -0.0704. The standard InChI is InChI=1S/C22H34N2O2/c1-4-18-7-11-21(12-8-18)23-22(25)20-9-5-19(6-10-20)15-24-13-16(2)26-17(3)14-24/h5-6,9-10,16-18,21H,4,7-8,11-15H2,1-3H3,(H,23,25). The maximum Gasteiger partial charge on any atom is 0.251 e. The molecule has 0 spiro atoms. The first-order valence-corrected chi connectivity index (χ1v) is 10.3. The number of benzene rings is 1. The van der Waals surface area contributed by atoms with E-state index in [0.717, 1.165) is 44.0 Å². The number of amides is 1. The molecule has 1 aromatic rings. The Kier molecular flexibility index (Phi) is 6.71. The smallest absolute Gasteiger partial charge is 0.251 e. The van der Waals surface area contributed by atoms with E-state index in [1.165, 1.54) is 24.8 Å². The van der Waals surface area contributed by atoms with E-state index in [2.05, 4.69) is 43.1 Å². The SMILES string of the molecule is CCC1CCC(NC(=O)c2ccc(CN3CC(C)OC(C)C3)cc2)CC1. The molecular formula is C22H34N2O2. The molecule has 1 aliphatic carbocycles. The van der Waals surface area contributed by atoms with E-state index in [9.17, 15) is 4.79 Å². The molecule has 26 heavy (non-hydrogen) atoms. The summed E-state index contributed by atoms with van der Waals surface area (Å²) in [5.74, 6) is 0.929. The normalized spacial score (nSPS) is 30.1. The van der Waals surface area contributed by atoms with Crippen molar-refractivity contribution < 1.29 is 9.53 Å². The Morgan fingerprint density at radius 3 is 2.27 bits per heavy atom. The van der Waals surface area contributed by atoms with Crippen molar-refractivity contribution in [2.45, 2.75) is 77.7 Å². The molecule has 2 unspecified atom stereocenters. The average Bonchev–Trinajstić information content (AvgIpc) is 2.62. The van der Waals surface area contributed by atoms with E-state index in [1.54, 1.807) is 0 Å². The average molecular weight is 359 g/mol. The Bertz CT molecular complexity index is 568. The molecule has 2 aliphatic rings. The van der Waals surface area contributed by atoms with Crippen LogP contribution in [0.15, 0.2) is 24.3 Å². The van der Waals surface area contributed by atoms with E-state index in [4.69, 9.17) is 4.74 Å². The van der Waals surface area contributed by atoms with Gasteiger partial charge in [-0.3, -0.25) is 9.69 Å². The van der Waals surface area contributed by atoms with E-state index >= 15 is 0 Å². The molecule has 1 aromatic carbocycles. The predicted octanol–water partition coefficient (Wildman–Crippen LogP) is 3.99. The first-order valence-electron chi connectivity index (χ1n) is 10.3. The summed E-state index contributed by atoms with van der Waals surface area (Å²) in [6.07, 6.45) is 6.57. The third-order valence-electron chi connectivity index (χ3n) is 5.88. The summed E-state index contributed by atoms with van der Waals surface area (Å²) in [5, 5.41) is 3.23. The van der Waals surface area contributed by atoms with E-state index in [0.29, 0.717) is 6.04 Å². The molecule has 1 amide bonds. The van der Waals surface area contributed by atoms with Crippen LogP contribution in [-0.4, -0.2) is 42.1 Å². The molecule has 1 saturated heterocycles. The highest BCUT2D eigenvalue weighted by molar-refractivity contribution is 5.94. The van der Waals surface area contributed by atoms with Crippen molar-refractivity contribution >= 4 is 5.91 Å². The van der Waals surface area contributed by atoms with Gasteiger partial charge >= 0.3 is 0 Å². The van der Waals surface area contributed by atoms with Gasteiger partial charge < -0.3 is 10.1 Å². The summed E-state index contributed by atoms with van der Waals surface area (Å²) in [4.78, 5) is 14.9. The van der Waals surface area contributed by atoms with Crippen LogP contribution in [0.3, 0.4) is 0 Å². The molecular weight excluding hydrogens is 324 g/mol. The van der Waals surface area contributed by atoms with Gasteiger partial charge in [0.05, 0.1) is 12.2 Å². The Hall–Kier alpha value is -1.39. The molecule has 1 heterocycles. The monoisotopic (exact) mass is 358 g/mol. The summed E-state index contributed by atoms with van der Waals surface area (Å²) in [6.45, 7) is 9.37. The first-order chi connectivity index (χ1) is 12.5. The molecule has 1 saturated carbocycles. The number of hydrogen-bond donors (Lipinski definition) is 1. The number of carbonyl (C=O) groups is 1. The van der Waals surface area contributed by atoms with E-state index < -0.39 is 0 Å². The van der Waals surface area contributed by atoms with Crippen LogP contribution in [-0.2, 0) is 11.3 Å². The van der Waals surface area contributed by atoms with Crippen molar-refractivity contribution in [3.05, 3.63) is 35.4 Å². The van der Waals surface area contributed by atoms with Crippen LogP contribution in [0, 0.1) is 5.92 Å². The fourth-order valence-corrected chi connectivity index (χ4v) is 4.42. The lowest BCUT2D eigenvalue weighted by Gasteiger charge is -2.35.